The predicted octanol–water partition coefficient (Wildman–Crippen LogP) is 3.89. The maximum atomic E-state index is 12.9. The van der Waals surface area contributed by atoms with Gasteiger partial charge in [-0.1, -0.05) is 36.4 Å². The quantitative estimate of drug-likeness (QED) is 0.696. The van der Waals surface area contributed by atoms with Crippen LogP contribution in [0.4, 0.5) is 0 Å². The van der Waals surface area contributed by atoms with Gasteiger partial charge in [-0.15, -0.1) is 6.58 Å². The Kier molecular flexibility index (Phi) is 6.17. The number of carbonyl (C=O) groups is 1. The molecule has 2 N–H and O–H groups in total. The monoisotopic (exact) mass is 420 g/mol. The van der Waals surface area contributed by atoms with Gasteiger partial charge in [0.1, 0.15) is 5.75 Å². The van der Waals surface area contributed by atoms with Gasteiger partial charge in [0, 0.05) is 37.2 Å². The van der Waals surface area contributed by atoms with Crippen LogP contribution in [0.5, 0.6) is 5.75 Å². The first-order chi connectivity index (χ1) is 15.0. The molecule has 0 spiro atoms. The highest BCUT2D eigenvalue weighted by Gasteiger charge is 2.58. The van der Waals surface area contributed by atoms with Crippen LogP contribution < -0.4 is 5.32 Å². The number of hydrogen-bond donors (Lipinski definition) is 2. The van der Waals surface area contributed by atoms with E-state index in [0.29, 0.717) is 5.56 Å². The summed E-state index contributed by atoms with van der Waals surface area (Å²) in [7, 11) is 1.80. The number of nitrogens with zero attached hydrogens (tertiary/aromatic N) is 1. The second-order valence-electron chi connectivity index (χ2n) is 8.88. The Hall–Kier alpha value is -2.63. The zero-order chi connectivity index (χ0) is 21.9. The molecule has 0 bridgehead atoms. The maximum Gasteiger partial charge on any atom is 0.251 e. The van der Waals surface area contributed by atoms with Crippen LogP contribution in [0.1, 0.15) is 41.6 Å². The number of phenols is 1. The van der Waals surface area contributed by atoms with Gasteiger partial charge in [0.15, 0.2) is 0 Å². The lowest BCUT2D eigenvalue weighted by Crippen LogP contribution is -2.67. The number of piperidine rings is 1. The van der Waals surface area contributed by atoms with Crippen LogP contribution >= 0.6 is 0 Å². The van der Waals surface area contributed by atoms with Crippen molar-refractivity contribution in [3.05, 3.63) is 78.4 Å². The lowest BCUT2D eigenvalue weighted by molar-refractivity contribution is -0.146. The number of benzene rings is 2. The number of methoxy groups -OCH3 is 1. The van der Waals surface area contributed by atoms with E-state index in [1.807, 2.05) is 48.5 Å². The number of carbonyl (C=O) groups excluding carboxylic acids is 1. The lowest BCUT2D eigenvalue weighted by Gasteiger charge is -2.59. The van der Waals surface area contributed by atoms with Crippen molar-refractivity contribution in [1.29, 1.82) is 0 Å². The zero-order valence-corrected chi connectivity index (χ0v) is 18.2. The fourth-order valence-corrected chi connectivity index (χ4v) is 5.72. The number of hydrogen-bond acceptors (Lipinski definition) is 4. The van der Waals surface area contributed by atoms with Crippen molar-refractivity contribution in [2.45, 2.75) is 42.7 Å². The first-order valence-electron chi connectivity index (χ1n) is 11.1. The molecule has 1 aliphatic heterocycles. The smallest absolute Gasteiger partial charge is 0.251 e. The van der Waals surface area contributed by atoms with Gasteiger partial charge in [-0.05, 0) is 62.1 Å². The Bertz CT molecular complexity index is 931. The van der Waals surface area contributed by atoms with Crippen molar-refractivity contribution < 1.29 is 14.6 Å². The maximum absolute atomic E-state index is 12.9. The molecule has 5 nitrogen and oxygen atoms in total. The number of aromatic hydroxyl groups is 1. The van der Waals surface area contributed by atoms with Crippen molar-refractivity contribution in [2.75, 3.05) is 26.7 Å². The van der Waals surface area contributed by atoms with Crippen molar-refractivity contribution in [2.24, 2.45) is 0 Å². The Morgan fingerprint density at radius 2 is 2.06 bits per heavy atom. The highest BCUT2D eigenvalue weighted by molar-refractivity contribution is 5.94. The highest BCUT2D eigenvalue weighted by Crippen LogP contribution is 2.53. The van der Waals surface area contributed by atoms with Gasteiger partial charge in [-0.3, -0.25) is 9.69 Å². The zero-order valence-electron chi connectivity index (χ0n) is 18.2. The number of rotatable bonds is 6. The van der Waals surface area contributed by atoms with E-state index >= 15 is 0 Å². The molecule has 5 heteroatoms. The molecule has 2 aromatic rings. The minimum absolute atomic E-state index is 0.0364. The molecule has 2 fully saturated rings. The predicted molar refractivity (Wildman–Crippen MR) is 122 cm³/mol. The highest BCUT2D eigenvalue weighted by atomic mass is 16.5. The third kappa shape index (κ3) is 4.00. The van der Waals surface area contributed by atoms with Gasteiger partial charge in [0.25, 0.3) is 5.91 Å². The normalized spacial score (nSPS) is 28.5. The van der Waals surface area contributed by atoms with Crippen molar-refractivity contribution in [3.8, 4) is 5.75 Å². The molecular weight excluding hydrogens is 388 g/mol. The van der Waals surface area contributed by atoms with Crippen LogP contribution in [0.15, 0.2) is 67.3 Å². The Balaban J connectivity index is 1.67. The van der Waals surface area contributed by atoms with Crippen LogP contribution in [0.25, 0.3) is 0 Å². The van der Waals surface area contributed by atoms with E-state index in [0.717, 1.165) is 50.9 Å². The molecule has 164 valence electrons. The van der Waals surface area contributed by atoms with E-state index in [1.54, 1.807) is 13.2 Å². The van der Waals surface area contributed by atoms with Gasteiger partial charge in [-0.25, -0.2) is 0 Å². The van der Waals surface area contributed by atoms with Gasteiger partial charge in [0.2, 0.25) is 0 Å². The molecule has 1 heterocycles. The topological polar surface area (TPSA) is 61.8 Å². The number of fused-ring (bicyclic) bond motifs is 1. The SMILES string of the molecule is C=CCN1CCC2(c3cccc(O)c3)CC(NC(=O)c3ccccc3)CCC2(OC)C1. The molecule has 3 unspecified atom stereocenters. The third-order valence-electron chi connectivity index (χ3n) is 7.25. The molecule has 1 aliphatic carbocycles. The number of amides is 1. The van der Waals surface area contributed by atoms with Crippen LogP contribution in [0.2, 0.25) is 0 Å². The van der Waals surface area contributed by atoms with Crippen LogP contribution in [0, 0.1) is 0 Å². The van der Waals surface area contributed by atoms with Gasteiger partial charge >= 0.3 is 0 Å². The van der Waals surface area contributed by atoms with Gasteiger partial charge in [0.05, 0.1) is 5.60 Å². The van der Waals surface area contributed by atoms with Gasteiger partial charge in [-0.2, -0.15) is 0 Å². The summed E-state index contributed by atoms with van der Waals surface area (Å²) < 4.78 is 6.32. The summed E-state index contributed by atoms with van der Waals surface area (Å²) in [5, 5.41) is 13.5. The molecule has 1 saturated heterocycles. The summed E-state index contributed by atoms with van der Waals surface area (Å²) in [4.78, 5) is 15.2. The molecule has 0 aromatic heterocycles. The second kappa shape index (κ2) is 8.85. The average Bonchev–Trinajstić information content (AvgIpc) is 2.80. The van der Waals surface area contributed by atoms with Crippen LogP contribution in [-0.4, -0.2) is 54.3 Å². The summed E-state index contributed by atoms with van der Waals surface area (Å²) >= 11 is 0. The molecule has 31 heavy (non-hydrogen) atoms. The summed E-state index contributed by atoms with van der Waals surface area (Å²) in [6, 6.07) is 17.0. The molecule has 2 aromatic carbocycles. The minimum atomic E-state index is -0.379. The van der Waals surface area contributed by atoms with E-state index in [4.69, 9.17) is 4.74 Å². The number of likely N-dealkylation sites (tertiary alicyclic amines) is 1. The van der Waals surface area contributed by atoms with Crippen LogP contribution in [-0.2, 0) is 10.2 Å². The standard InChI is InChI=1S/C26H32N2O3/c1-3-15-28-16-14-25(21-10-7-11-23(29)17-21)18-22(12-13-26(25,19-28)31-2)27-24(30)20-8-5-4-6-9-20/h3-11,17,22,29H,1,12-16,18-19H2,2H3,(H,27,30). The Labute approximate surface area is 184 Å². The fourth-order valence-electron chi connectivity index (χ4n) is 5.72. The average molecular weight is 421 g/mol. The Morgan fingerprint density at radius 3 is 2.77 bits per heavy atom. The van der Waals surface area contributed by atoms with E-state index in [-0.39, 0.29) is 28.7 Å². The lowest BCUT2D eigenvalue weighted by atomic mass is 9.55. The van der Waals surface area contributed by atoms with Crippen molar-refractivity contribution >= 4 is 5.91 Å². The van der Waals surface area contributed by atoms with Crippen LogP contribution in [0.3, 0.4) is 0 Å². The minimum Gasteiger partial charge on any atom is -0.508 e. The molecule has 2 aliphatic rings. The van der Waals surface area contributed by atoms with E-state index in [9.17, 15) is 9.90 Å². The molecular formula is C26H32N2O3. The Morgan fingerprint density at radius 1 is 1.26 bits per heavy atom. The molecule has 1 amide bonds. The number of ether oxygens (including phenoxy) is 1. The van der Waals surface area contributed by atoms with E-state index < -0.39 is 0 Å². The van der Waals surface area contributed by atoms with Crippen molar-refractivity contribution in [3.63, 3.8) is 0 Å². The fraction of sp³-hybridized carbons (Fsp3) is 0.423. The summed E-state index contributed by atoms with van der Waals surface area (Å²) in [5.41, 5.74) is 1.10. The molecule has 0 radical (unpaired) electrons. The van der Waals surface area contributed by atoms with Crippen molar-refractivity contribution in [1.82, 2.24) is 10.2 Å². The summed E-state index contributed by atoms with van der Waals surface area (Å²) in [5.74, 6) is 0.228. The first kappa shape index (κ1) is 21.6. The summed E-state index contributed by atoms with van der Waals surface area (Å²) in [6.07, 6.45) is 5.32. The molecule has 1 saturated carbocycles. The third-order valence-corrected chi connectivity index (χ3v) is 7.25. The number of nitrogens with one attached hydrogen (secondary N) is 1. The molecule has 4 rings (SSSR count). The van der Waals surface area contributed by atoms with Gasteiger partial charge < -0.3 is 15.2 Å². The summed E-state index contributed by atoms with van der Waals surface area (Å²) in [6.45, 7) is 6.47. The number of phenolic OH excluding ortho intramolecular Hbond substituents is 1. The van der Waals surface area contributed by atoms with E-state index in [2.05, 4.69) is 22.9 Å². The molecule has 3 atom stereocenters. The van der Waals surface area contributed by atoms with E-state index in [1.165, 1.54) is 0 Å². The first-order valence-corrected chi connectivity index (χ1v) is 11.1. The largest absolute Gasteiger partial charge is 0.508 e. The second-order valence-corrected chi connectivity index (χ2v) is 8.88.